The molecule has 160 valence electrons. The first-order valence-corrected chi connectivity index (χ1v) is 11.0. The van der Waals surface area contributed by atoms with Crippen LogP contribution in [0.15, 0.2) is 46.3 Å². The van der Waals surface area contributed by atoms with Gasteiger partial charge in [0.15, 0.2) is 15.8 Å². The Labute approximate surface area is 191 Å². The number of nitrogens with zero attached hydrogens (tertiary/aromatic N) is 1. The molecule has 0 fully saturated rings. The van der Waals surface area contributed by atoms with Crippen molar-refractivity contribution in [3.05, 3.63) is 58.7 Å². The van der Waals surface area contributed by atoms with Gasteiger partial charge in [-0.05, 0) is 54.7 Å². The zero-order chi connectivity index (χ0) is 20.7. The summed E-state index contributed by atoms with van der Waals surface area (Å²) in [5.41, 5.74) is 4.06. The topological polar surface area (TPSA) is 79.8 Å². The Hall–Kier alpha value is -1.81. The molecule has 0 amide bonds. The third-order valence-electron chi connectivity index (χ3n) is 4.50. The van der Waals surface area contributed by atoms with E-state index in [9.17, 15) is 8.42 Å². The summed E-state index contributed by atoms with van der Waals surface area (Å²) in [6.45, 7) is 5.13. The lowest BCUT2D eigenvalue weighted by Gasteiger charge is -2.13. The Kier molecular flexibility index (Phi) is 9.91. The molecule has 0 spiro atoms. The predicted octanol–water partition coefficient (Wildman–Crippen LogP) is 3.24. The van der Waals surface area contributed by atoms with Gasteiger partial charge in [0.05, 0.1) is 12.0 Å². The minimum Gasteiger partial charge on any atom is -0.496 e. The van der Waals surface area contributed by atoms with E-state index in [1.807, 2.05) is 26.0 Å². The van der Waals surface area contributed by atoms with Crippen LogP contribution in [-0.4, -0.2) is 41.3 Å². The summed E-state index contributed by atoms with van der Waals surface area (Å²) < 4.78 is 28.8. The van der Waals surface area contributed by atoms with E-state index in [2.05, 4.69) is 33.8 Å². The largest absolute Gasteiger partial charge is 0.496 e. The van der Waals surface area contributed by atoms with E-state index in [-0.39, 0.29) is 24.0 Å². The number of benzene rings is 2. The summed E-state index contributed by atoms with van der Waals surface area (Å²) in [6, 6.07) is 11.6. The third-order valence-corrected chi connectivity index (χ3v) is 5.76. The number of nitrogens with one attached hydrogen (secondary N) is 2. The monoisotopic (exact) mass is 531 g/mol. The van der Waals surface area contributed by atoms with E-state index in [4.69, 9.17) is 4.74 Å². The summed E-state index contributed by atoms with van der Waals surface area (Å²) in [6.07, 6.45) is 2.07. The molecule has 6 nitrogen and oxygen atoms in total. The van der Waals surface area contributed by atoms with Crippen molar-refractivity contribution >= 4 is 39.8 Å². The van der Waals surface area contributed by atoms with Crippen LogP contribution in [0.4, 0.5) is 0 Å². The fourth-order valence-electron chi connectivity index (χ4n) is 2.99. The summed E-state index contributed by atoms with van der Waals surface area (Å²) in [4.78, 5) is 4.60. The van der Waals surface area contributed by atoms with Gasteiger partial charge in [-0.1, -0.05) is 24.3 Å². The first kappa shape index (κ1) is 25.2. The Balaban J connectivity index is 0.00000420. The predicted molar refractivity (Wildman–Crippen MR) is 129 cm³/mol. The standard InChI is InChI=1S/C21H29N3O3S.HI/c1-15-6-7-17(13-19(15)27-4)10-11-23-21(22-3)24-14-18-8-9-20(16(2)12-18)28(5,25)26;/h6-9,12-13H,10-11,14H2,1-5H3,(H2,22,23,24);1H. The zero-order valence-corrected chi connectivity index (χ0v) is 20.7. The van der Waals surface area contributed by atoms with Gasteiger partial charge in [0.25, 0.3) is 0 Å². The highest BCUT2D eigenvalue weighted by atomic mass is 127. The molecule has 8 heteroatoms. The van der Waals surface area contributed by atoms with Crippen molar-refractivity contribution in [3.8, 4) is 5.75 Å². The number of methoxy groups -OCH3 is 1. The average Bonchev–Trinajstić information content (AvgIpc) is 2.64. The summed E-state index contributed by atoms with van der Waals surface area (Å²) in [5, 5.41) is 6.55. The third kappa shape index (κ3) is 7.50. The molecule has 0 heterocycles. The molecule has 0 saturated heterocycles. The lowest BCUT2D eigenvalue weighted by atomic mass is 10.1. The van der Waals surface area contributed by atoms with Gasteiger partial charge in [-0.25, -0.2) is 8.42 Å². The quantitative estimate of drug-likeness (QED) is 0.326. The maximum Gasteiger partial charge on any atom is 0.191 e. The Bertz CT molecular complexity index is 960. The number of sulfone groups is 1. The smallest absolute Gasteiger partial charge is 0.191 e. The number of aliphatic imine (C=N–C) groups is 1. The summed E-state index contributed by atoms with van der Waals surface area (Å²) >= 11 is 0. The second kappa shape index (κ2) is 11.4. The van der Waals surface area contributed by atoms with E-state index in [0.717, 1.165) is 35.4 Å². The second-order valence-electron chi connectivity index (χ2n) is 6.78. The second-order valence-corrected chi connectivity index (χ2v) is 8.76. The Morgan fingerprint density at radius 1 is 1.03 bits per heavy atom. The molecule has 2 rings (SSSR count). The molecule has 2 aromatic rings. The molecule has 0 bridgehead atoms. The van der Waals surface area contributed by atoms with E-state index in [1.54, 1.807) is 20.2 Å². The minimum absolute atomic E-state index is 0. The number of rotatable bonds is 7. The van der Waals surface area contributed by atoms with Crippen LogP contribution in [-0.2, 0) is 22.8 Å². The van der Waals surface area contributed by atoms with Gasteiger partial charge >= 0.3 is 0 Å². The maximum atomic E-state index is 11.7. The van der Waals surface area contributed by atoms with Gasteiger partial charge in [-0.15, -0.1) is 24.0 Å². The van der Waals surface area contributed by atoms with Crippen molar-refractivity contribution in [2.24, 2.45) is 4.99 Å². The fourth-order valence-corrected chi connectivity index (χ4v) is 3.95. The highest BCUT2D eigenvalue weighted by Gasteiger charge is 2.11. The van der Waals surface area contributed by atoms with Crippen LogP contribution in [0.25, 0.3) is 0 Å². The number of guanidine groups is 1. The van der Waals surface area contributed by atoms with Crippen molar-refractivity contribution in [1.82, 2.24) is 10.6 Å². The van der Waals surface area contributed by atoms with Gasteiger partial charge in [0, 0.05) is 26.4 Å². The molecule has 29 heavy (non-hydrogen) atoms. The van der Waals surface area contributed by atoms with Crippen LogP contribution in [0.1, 0.15) is 22.3 Å². The molecule has 0 radical (unpaired) electrons. The summed E-state index contributed by atoms with van der Waals surface area (Å²) in [5.74, 6) is 1.59. The van der Waals surface area contributed by atoms with E-state index in [1.165, 1.54) is 11.8 Å². The molecule has 0 saturated carbocycles. The van der Waals surface area contributed by atoms with E-state index >= 15 is 0 Å². The molecule has 0 aliphatic heterocycles. The van der Waals surface area contributed by atoms with Crippen molar-refractivity contribution in [2.75, 3.05) is 27.0 Å². The number of hydrogen-bond acceptors (Lipinski definition) is 4. The maximum absolute atomic E-state index is 11.7. The van der Waals surface area contributed by atoms with Crippen LogP contribution >= 0.6 is 24.0 Å². The SMILES string of the molecule is CN=C(NCCc1ccc(C)c(OC)c1)NCc1ccc(S(C)(=O)=O)c(C)c1.I. The lowest BCUT2D eigenvalue weighted by Crippen LogP contribution is -2.37. The number of aryl methyl sites for hydroxylation is 2. The minimum atomic E-state index is -3.20. The summed E-state index contributed by atoms with van der Waals surface area (Å²) in [7, 11) is 0.207. The van der Waals surface area contributed by atoms with E-state index < -0.39 is 9.84 Å². The Morgan fingerprint density at radius 3 is 2.31 bits per heavy atom. The lowest BCUT2D eigenvalue weighted by molar-refractivity contribution is 0.411. The molecule has 0 aliphatic carbocycles. The van der Waals surface area contributed by atoms with Crippen molar-refractivity contribution in [1.29, 1.82) is 0 Å². The zero-order valence-electron chi connectivity index (χ0n) is 17.6. The van der Waals surface area contributed by atoms with Gasteiger partial charge in [0.1, 0.15) is 5.75 Å². The number of ether oxygens (including phenoxy) is 1. The van der Waals surface area contributed by atoms with Crippen molar-refractivity contribution in [3.63, 3.8) is 0 Å². The van der Waals surface area contributed by atoms with Crippen LogP contribution in [0.5, 0.6) is 5.75 Å². The molecule has 2 aromatic carbocycles. The van der Waals surface area contributed by atoms with Crippen LogP contribution in [0.3, 0.4) is 0 Å². The Morgan fingerprint density at radius 2 is 1.72 bits per heavy atom. The van der Waals surface area contributed by atoms with Gasteiger partial charge < -0.3 is 15.4 Å². The molecule has 0 unspecified atom stereocenters. The van der Waals surface area contributed by atoms with Crippen molar-refractivity contribution in [2.45, 2.75) is 31.7 Å². The van der Waals surface area contributed by atoms with Crippen molar-refractivity contribution < 1.29 is 13.2 Å². The van der Waals surface area contributed by atoms with E-state index in [0.29, 0.717) is 17.4 Å². The molecule has 2 N–H and O–H groups in total. The average molecular weight is 531 g/mol. The van der Waals surface area contributed by atoms with Gasteiger partial charge in [-0.3, -0.25) is 4.99 Å². The number of halogens is 1. The van der Waals surface area contributed by atoms with Crippen LogP contribution in [0.2, 0.25) is 0 Å². The first-order chi connectivity index (χ1) is 13.2. The van der Waals surface area contributed by atoms with Crippen LogP contribution in [0, 0.1) is 13.8 Å². The van der Waals surface area contributed by atoms with Gasteiger partial charge in [-0.2, -0.15) is 0 Å². The molecule has 0 aliphatic rings. The molecule has 0 aromatic heterocycles. The molecular weight excluding hydrogens is 501 g/mol. The van der Waals surface area contributed by atoms with Gasteiger partial charge in [0.2, 0.25) is 0 Å². The normalized spacial score (nSPS) is 11.6. The molecular formula is C21H30IN3O3S. The van der Waals surface area contributed by atoms with Crippen LogP contribution < -0.4 is 15.4 Å². The molecule has 0 atom stereocenters. The highest BCUT2D eigenvalue weighted by molar-refractivity contribution is 14.0. The first-order valence-electron chi connectivity index (χ1n) is 9.12. The highest BCUT2D eigenvalue weighted by Crippen LogP contribution is 2.19. The fraction of sp³-hybridized carbons (Fsp3) is 0.381. The number of hydrogen-bond donors (Lipinski definition) is 2.